The second-order valence-corrected chi connectivity index (χ2v) is 0.848. The fraction of sp³-hybridized carbons (Fsp3) is 0. The quantitative estimate of drug-likeness (QED) is 0.377. The smallest absolute Gasteiger partial charge is 1.00 e. The molecular formula is H6BeCaO3Si. The number of hydrogen-bond donors (Lipinski definition) is 2. The summed E-state index contributed by atoms with van der Waals surface area (Å²) in [7, 11) is -3.13. The van der Waals surface area contributed by atoms with E-state index in [9.17, 15) is 0 Å². The van der Waals surface area contributed by atoms with Gasteiger partial charge in [0, 0.05) is 0 Å². The molecular weight excluding hydrogens is 125 g/mol. The third kappa shape index (κ3) is 75.5. The second-order valence-electron chi connectivity index (χ2n) is 0.283. The van der Waals surface area contributed by atoms with E-state index in [4.69, 9.17) is 14.1 Å². The van der Waals surface area contributed by atoms with E-state index in [1.165, 1.54) is 0 Å². The van der Waals surface area contributed by atoms with Gasteiger partial charge in [0.25, 0.3) is 0 Å². The Morgan fingerprint density at radius 1 is 1.50 bits per heavy atom. The van der Waals surface area contributed by atoms with Crippen LogP contribution in [0.25, 0.3) is 0 Å². The third-order valence-corrected chi connectivity index (χ3v) is 0. The summed E-state index contributed by atoms with van der Waals surface area (Å²) in [5.41, 5.74) is 0. The molecule has 0 bridgehead atoms. The average Bonchev–Trinajstić information content (AvgIpc) is 0.811. The topological polar surface area (TPSA) is 57.5 Å². The summed E-state index contributed by atoms with van der Waals surface area (Å²) in [6, 6.07) is 0. The minimum Gasteiger partial charge on any atom is -1.00 e. The first-order valence-corrected chi connectivity index (χ1v) is 1.95. The fourth-order valence-corrected chi connectivity index (χ4v) is 0. The molecule has 0 aromatic heterocycles. The Labute approximate surface area is 76.4 Å². The molecule has 0 saturated carbocycles. The van der Waals surface area contributed by atoms with Crippen molar-refractivity contribution in [2.75, 3.05) is 0 Å². The van der Waals surface area contributed by atoms with Crippen LogP contribution < -0.4 is 0 Å². The van der Waals surface area contributed by atoms with Crippen molar-refractivity contribution in [1.29, 1.82) is 0 Å². The minimum atomic E-state index is -3.13. The molecule has 3 nitrogen and oxygen atoms in total. The van der Waals surface area contributed by atoms with Gasteiger partial charge in [-0.15, -0.1) is 0 Å². The van der Waals surface area contributed by atoms with Crippen LogP contribution in [0, 0.1) is 0 Å². The Hall–Kier alpha value is 1.05. The molecule has 0 aliphatic carbocycles. The van der Waals surface area contributed by atoms with Crippen molar-refractivity contribution in [3.05, 3.63) is 0 Å². The van der Waals surface area contributed by atoms with Gasteiger partial charge < -0.3 is 15.3 Å². The van der Waals surface area contributed by atoms with Crippen LogP contribution in [-0.4, -0.2) is 66.6 Å². The molecule has 0 saturated heterocycles. The fourth-order valence-electron chi connectivity index (χ4n) is 0. The van der Waals surface area contributed by atoms with Crippen molar-refractivity contribution in [2.24, 2.45) is 0 Å². The van der Waals surface area contributed by atoms with Gasteiger partial charge >= 0.3 is 57.0 Å². The molecule has 0 fully saturated rings. The van der Waals surface area contributed by atoms with Crippen LogP contribution in [-0.2, 0) is 4.46 Å². The summed E-state index contributed by atoms with van der Waals surface area (Å²) in [5.74, 6) is 0. The van der Waals surface area contributed by atoms with E-state index in [-0.39, 0.29) is 53.6 Å². The van der Waals surface area contributed by atoms with E-state index in [0.717, 1.165) is 0 Å². The zero-order valence-electron chi connectivity index (χ0n) is 7.22. The Morgan fingerprint density at radius 2 is 1.50 bits per heavy atom. The second kappa shape index (κ2) is 9.40. The normalized spacial score (nSPS) is 4.00. The van der Waals surface area contributed by atoms with Crippen molar-refractivity contribution in [3.63, 3.8) is 0 Å². The molecule has 0 unspecified atom stereocenters. The van der Waals surface area contributed by atoms with Crippen LogP contribution in [0.4, 0.5) is 0 Å². The van der Waals surface area contributed by atoms with E-state index in [0.29, 0.717) is 0 Å². The Bertz CT molecular complexity index is 43.5. The molecule has 0 aliphatic heterocycles. The molecule has 32 valence electrons. The van der Waals surface area contributed by atoms with Gasteiger partial charge in [0.05, 0.1) is 0 Å². The first kappa shape index (κ1) is 15.7. The Kier molecular flexibility index (Phi) is 24.7. The molecule has 0 atom stereocenters. The van der Waals surface area contributed by atoms with Crippen LogP contribution in [0.5, 0.6) is 0 Å². The van der Waals surface area contributed by atoms with E-state index in [1.54, 1.807) is 0 Å². The molecule has 0 aromatic carbocycles. The van der Waals surface area contributed by atoms with Gasteiger partial charge in [-0.2, -0.15) is 0 Å². The first-order valence-electron chi connectivity index (χ1n) is 0.651. The van der Waals surface area contributed by atoms with E-state index in [1.807, 2.05) is 0 Å². The maximum Gasteiger partial charge on any atom is 2.00 e. The Morgan fingerprint density at radius 3 is 1.50 bits per heavy atom. The largest absolute Gasteiger partial charge is 2.00 e. The SMILES string of the molecule is O=[Si](O)O.[Be+2].[Ca+2].[H-].[H-].[H-].[H-]. The van der Waals surface area contributed by atoms with Crippen molar-refractivity contribution in [1.82, 2.24) is 0 Å². The molecule has 6 heteroatoms. The maximum absolute atomic E-state index is 8.74. The van der Waals surface area contributed by atoms with Crippen LogP contribution in [0.2, 0.25) is 0 Å². The molecule has 2 N–H and O–H groups in total. The van der Waals surface area contributed by atoms with E-state index in [2.05, 4.69) is 0 Å². The molecule has 6 heavy (non-hydrogen) atoms. The van der Waals surface area contributed by atoms with Crippen molar-refractivity contribution < 1.29 is 19.8 Å². The molecule has 0 spiro atoms. The van der Waals surface area contributed by atoms with Gasteiger partial charge in [0.15, 0.2) is 0 Å². The van der Waals surface area contributed by atoms with Gasteiger partial charge in [-0.3, -0.25) is 4.46 Å². The predicted octanol–water partition coefficient (Wildman–Crippen LogP) is -1.93. The Balaban J connectivity index is -0.00000000300. The summed E-state index contributed by atoms with van der Waals surface area (Å²) < 4.78 is 8.74. The molecule has 0 rings (SSSR count). The van der Waals surface area contributed by atoms with Gasteiger partial charge in [0.1, 0.15) is 0 Å². The average molecular weight is 131 g/mol. The molecule has 0 radical (unpaired) electrons. The molecule has 0 heterocycles. The molecule has 0 aliphatic rings. The van der Waals surface area contributed by atoms with Crippen molar-refractivity contribution in [3.8, 4) is 0 Å². The zero-order chi connectivity index (χ0) is 3.58. The summed E-state index contributed by atoms with van der Waals surface area (Å²) in [6.07, 6.45) is 0. The van der Waals surface area contributed by atoms with Crippen LogP contribution >= 0.6 is 0 Å². The third-order valence-electron chi connectivity index (χ3n) is 0. The summed E-state index contributed by atoms with van der Waals surface area (Å²) in [4.78, 5) is 14.3. The zero-order valence-corrected chi connectivity index (χ0v) is 6.43. The molecule has 0 aromatic rings. The van der Waals surface area contributed by atoms with Gasteiger partial charge in [0.2, 0.25) is 0 Å². The van der Waals surface area contributed by atoms with Crippen LogP contribution in [0.3, 0.4) is 0 Å². The van der Waals surface area contributed by atoms with Gasteiger partial charge in [-0.05, 0) is 0 Å². The van der Waals surface area contributed by atoms with Gasteiger partial charge in [-0.1, -0.05) is 0 Å². The predicted molar refractivity (Wildman–Crippen MR) is 26.8 cm³/mol. The summed E-state index contributed by atoms with van der Waals surface area (Å²) in [5, 5.41) is 0. The van der Waals surface area contributed by atoms with Crippen LogP contribution in [0.15, 0.2) is 0 Å². The summed E-state index contributed by atoms with van der Waals surface area (Å²) in [6.45, 7) is 0. The maximum atomic E-state index is 8.74. The standard InChI is InChI=1S/Be.Ca.H2O3Si.4H/c;;1-4(2)3;;;;/h;;1-2H;;;;/q2*+2;;4*-1. The molecule has 0 amide bonds. The minimum absolute atomic E-state index is 0. The van der Waals surface area contributed by atoms with Crippen molar-refractivity contribution in [2.45, 2.75) is 0 Å². The first-order chi connectivity index (χ1) is 1.73. The number of rotatable bonds is 0. The monoisotopic (exact) mass is 131 g/mol. The van der Waals surface area contributed by atoms with E-state index >= 15 is 0 Å². The number of hydrogen-bond acceptors (Lipinski definition) is 1. The van der Waals surface area contributed by atoms with Crippen LogP contribution in [0.1, 0.15) is 5.71 Å². The summed E-state index contributed by atoms with van der Waals surface area (Å²) >= 11 is 0. The van der Waals surface area contributed by atoms with E-state index < -0.39 is 9.17 Å². The van der Waals surface area contributed by atoms with Gasteiger partial charge in [-0.25, -0.2) is 0 Å². The van der Waals surface area contributed by atoms with Crippen molar-refractivity contribution >= 4 is 57.0 Å².